The number of nitrogens with zero attached hydrogens (tertiary/aromatic N) is 1. The normalized spacial score (nSPS) is 10.8. The van der Waals surface area contributed by atoms with E-state index in [1.165, 1.54) is 11.8 Å². The van der Waals surface area contributed by atoms with Gasteiger partial charge < -0.3 is 14.2 Å². The molecule has 0 saturated carbocycles. The molecule has 4 aromatic rings. The number of benzene rings is 2. The van der Waals surface area contributed by atoms with Crippen LogP contribution in [0.25, 0.3) is 22.6 Å². The molecule has 2 aromatic carbocycles. The summed E-state index contributed by atoms with van der Waals surface area (Å²) in [6.07, 6.45) is 1.43. The number of fused-ring (bicyclic) bond motifs is 1. The van der Waals surface area contributed by atoms with E-state index in [1.54, 1.807) is 12.1 Å². The average molecular weight is 391 g/mol. The number of nitrogens with one attached hydrogen (secondary N) is 2. The van der Waals surface area contributed by atoms with Gasteiger partial charge in [-0.05, 0) is 79.7 Å². The Bertz CT molecular complexity index is 1140. The van der Waals surface area contributed by atoms with Crippen molar-refractivity contribution in [1.82, 2.24) is 10.3 Å². The van der Waals surface area contributed by atoms with Crippen molar-refractivity contribution in [1.29, 1.82) is 0 Å². The number of carbonyl (C=O) groups excluding carboxylic acids is 1. The molecule has 0 bridgehead atoms. The Balaban J connectivity index is 1.53. The van der Waals surface area contributed by atoms with Crippen LogP contribution in [-0.4, -0.2) is 16.0 Å². The molecule has 2 heterocycles. The molecule has 0 unspecified atom stereocenters. The zero-order valence-corrected chi connectivity index (χ0v) is 16.1. The molecular weight excluding hydrogens is 374 g/mol. The van der Waals surface area contributed by atoms with Gasteiger partial charge in [-0.15, -0.1) is 0 Å². The van der Waals surface area contributed by atoms with Gasteiger partial charge in [-0.3, -0.25) is 10.1 Å². The van der Waals surface area contributed by atoms with Gasteiger partial charge in [0.25, 0.3) is 5.91 Å². The number of carbonyl (C=O) groups is 1. The molecule has 4 rings (SSSR count). The van der Waals surface area contributed by atoms with Crippen LogP contribution >= 0.6 is 12.2 Å². The molecule has 6 nitrogen and oxygen atoms in total. The molecule has 0 spiro atoms. The summed E-state index contributed by atoms with van der Waals surface area (Å²) < 4.78 is 11.0. The zero-order valence-electron chi connectivity index (χ0n) is 15.3. The van der Waals surface area contributed by atoms with Crippen LogP contribution in [0.4, 0.5) is 5.69 Å². The van der Waals surface area contributed by atoms with Crippen LogP contribution in [0.3, 0.4) is 0 Å². The molecule has 28 heavy (non-hydrogen) atoms. The van der Waals surface area contributed by atoms with Crippen LogP contribution < -0.4 is 10.6 Å². The lowest BCUT2D eigenvalue weighted by Gasteiger charge is -2.09. The van der Waals surface area contributed by atoms with Gasteiger partial charge in [-0.1, -0.05) is 6.07 Å². The lowest BCUT2D eigenvalue weighted by molar-refractivity contribution is 0.0950. The maximum atomic E-state index is 12.0. The summed E-state index contributed by atoms with van der Waals surface area (Å²) in [5, 5.41) is 5.73. The summed E-state index contributed by atoms with van der Waals surface area (Å²) in [5.74, 6) is 0.299. The number of anilines is 1. The average Bonchev–Trinajstić information content (AvgIpc) is 3.32. The molecule has 7 heteroatoms. The Hall–Kier alpha value is -3.45. The van der Waals surface area contributed by atoms with Gasteiger partial charge in [0.15, 0.2) is 16.5 Å². The van der Waals surface area contributed by atoms with Crippen molar-refractivity contribution in [3.8, 4) is 11.5 Å². The van der Waals surface area contributed by atoms with Crippen LogP contribution in [0, 0.1) is 13.8 Å². The van der Waals surface area contributed by atoms with Crippen molar-refractivity contribution in [2.24, 2.45) is 0 Å². The minimum Gasteiger partial charge on any atom is -0.459 e. The van der Waals surface area contributed by atoms with E-state index >= 15 is 0 Å². The van der Waals surface area contributed by atoms with E-state index < -0.39 is 5.91 Å². The standard InChI is InChI=1S/C21H17N3O3S/c1-12-9-16-18(10-13(12)2)27-20(23-16)14-5-3-6-15(11-14)22-21(28)24-19(25)17-7-4-8-26-17/h3-11H,1-2H3,(H2,22,24,25,28). The Morgan fingerprint density at radius 2 is 1.89 bits per heavy atom. The fraction of sp³-hybridized carbons (Fsp3) is 0.0952. The van der Waals surface area contributed by atoms with Crippen molar-refractivity contribution >= 4 is 40.0 Å². The van der Waals surface area contributed by atoms with Crippen molar-refractivity contribution in [3.63, 3.8) is 0 Å². The second-order valence-corrected chi connectivity index (χ2v) is 6.80. The van der Waals surface area contributed by atoms with Gasteiger partial charge in [-0.25, -0.2) is 4.98 Å². The summed E-state index contributed by atoms with van der Waals surface area (Å²) >= 11 is 5.20. The third-order valence-electron chi connectivity index (χ3n) is 4.34. The quantitative estimate of drug-likeness (QED) is 0.487. The molecule has 2 aromatic heterocycles. The van der Waals surface area contributed by atoms with E-state index in [9.17, 15) is 4.79 Å². The molecule has 2 N–H and O–H groups in total. The molecule has 0 atom stereocenters. The molecule has 0 aliphatic rings. The minimum atomic E-state index is -0.414. The van der Waals surface area contributed by atoms with Crippen molar-refractivity contribution < 1.29 is 13.6 Å². The Morgan fingerprint density at radius 1 is 1.07 bits per heavy atom. The molecule has 1 amide bonds. The molecule has 0 aliphatic heterocycles. The number of furan rings is 1. The zero-order chi connectivity index (χ0) is 19.7. The third kappa shape index (κ3) is 3.65. The van der Waals surface area contributed by atoms with Crippen LogP contribution in [0.15, 0.2) is 63.6 Å². The SMILES string of the molecule is Cc1cc2nc(-c3cccc(NC(=S)NC(=O)c4ccco4)c3)oc2cc1C. The minimum absolute atomic E-state index is 0.169. The van der Waals surface area contributed by atoms with Crippen LogP contribution in [0.5, 0.6) is 0 Å². The van der Waals surface area contributed by atoms with Crippen LogP contribution in [0.1, 0.15) is 21.7 Å². The number of aromatic nitrogens is 1. The Morgan fingerprint density at radius 3 is 2.68 bits per heavy atom. The van der Waals surface area contributed by atoms with E-state index in [0.29, 0.717) is 11.6 Å². The second-order valence-electron chi connectivity index (χ2n) is 6.39. The number of amides is 1. The highest BCUT2D eigenvalue weighted by molar-refractivity contribution is 7.80. The number of thiocarbonyl (C=S) groups is 1. The summed E-state index contributed by atoms with van der Waals surface area (Å²) in [6, 6.07) is 14.7. The first-order valence-electron chi connectivity index (χ1n) is 8.63. The van der Waals surface area contributed by atoms with Gasteiger partial charge in [0, 0.05) is 11.3 Å². The summed E-state index contributed by atoms with van der Waals surface area (Å²) in [5.41, 5.74) is 5.40. The molecule has 0 saturated heterocycles. The third-order valence-corrected chi connectivity index (χ3v) is 4.55. The van der Waals surface area contributed by atoms with Gasteiger partial charge in [-0.2, -0.15) is 0 Å². The number of aryl methyl sites for hydroxylation is 2. The first-order chi connectivity index (χ1) is 13.5. The smallest absolute Gasteiger partial charge is 0.293 e. The lowest BCUT2D eigenvalue weighted by atomic mass is 10.1. The fourth-order valence-corrected chi connectivity index (χ4v) is 2.98. The van der Waals surface area contributed by atoms with Gasteiger partial charge in [0.2, 0.25) is 5.89 Å². The monoisotopic (exact) mass is 391 g/mol. The second kappa shape index (κ2) is 7.28. The highest BCUT2D eigenvalue weighted by Crippen LogP contribution is 2.27. The molecular formula is C21H17N3O3S. The predicted octanol–water partition coefficient (Wildman–Crippen LogP) is 4.83. The van der Waals surface area contributed by atoms with Crippen molar-refractivity contribution in [2.75, 3.05) is 5.32 Å². The molecule has 140 valence electrons. The first kappa shape index (κ1) is 17.9. The number of hydrogen-bond acceptors (Lipinski definition) is 5. The highest BCUT2D eigenvalue weighted by atomic mass is 32.1. The van der Waals surface area contributed by atoms with Crippen molar-refractivity contribution in [2.45, 2.75) is 13.8 Å². The van der Waals surface area contributed by atoms with Crippen LogP contribution in [-0.2, 0) is 0 Å². The first-order valence-corrected chi connectivity index (χ1v) is 9.04. The lowest BCUT2D eigenvalue weighted by Crippen LogP contribution is -2.33. The Kier molecular flexibility index (Phi) is 4.67. The molecule has 0 fully saturated rings. The van der Waals surface area contributed by atoms with E-state index in [1.807, 2.05) is 50.2 Å². The maximum absolute atomic E-state index is 12.0. The fourth-order valence-electron chi connectivity index (χ4n) is 2.77. The van der Waals surface area contributed by atoms with Gasteiger partial charge >= 0.3 is 0 Å². The number of oxazole rings is 1. The van der Waals surface area contributed by atoms with Crippen LogP contribution in [0.2, 0.25) is 0 Å². The van der Waals surface area contributed by atoms with E-state index in [2.05, 4.69) is 15.6 Å². The van der Waals surface area contributed by atoms with Gasteiger partial charge in [0.1, 0.15) is 5.52 Å². The van der Waals surface area contributed by atoms with E-state index in [4.69, 9.17) is 21.1 Å². The number of hydrogen-bond donors (Lipinski definition) is 2. The van der Waals surface area contributed by atoms with E-state index in [-0.39, 0.29) is 10.9 Å². The summed E-state index contributed by atoms with van der Waals surface area (Å²) in [6.45, 7) is 4.09. The van der Waals surface area contributed by atoms with Gasteiger partial charge in [0.05, 0.1) is 6.26 Å². The predicted molar refractivity (Wildman–Crippen MR) is 111 cm³/mol. The van der Waals surface area contributed by atoms with E-state index in [0.717, 1.165) is 22.2 Å². The molecule has 0 radical (unpaired) electrons. The maximum Gasteiger partial charge on any atom is 0.293 e. The summed E-state index contributed by atoms with van der Waals surface area (Å²) in [4.78, 5) is 16.6. The highest BCUT2D eigenvalue weighted by Gasteiger charge is 2.12. The molecule has 0 aliphatic carbocycles. The Labute approximate surface area is 166 Å². The van der Waals surface area contributed by atoms with Crippen molar-refractivity contribution in [3.05, 3.63) is 71.7 Å². The topological polar surface area (TPSA) is 80.3 Å². The summed E-state index contributed by atoms with van der Waals surface area (Å²) in [7, 11) is 0. The number of rotatable bonds is 3. The largest absolute Gasteiger partial charge is 0.459 e.